The molecule has 0 radical (unpaired) electrons. The molecule has 3 rings (SSSR count). The highest BCUT2D eigenvalue weighted by atomic mass is 16.2. The Bertz CT molecular complexity index is 888. The van der Waals surface area contributed by atoms with Crippen molar-refractivity contribution < 1.29 is 14.4 Å². The largest absolute Gasteiger partial charge is 0.404 e. The molecular formula is C21H27N5O3. The van der Waals surface area contributed by atoms with E-state index in [9.17, 15) is 14.4 Å². The minimum absolute atomic E-state index is 0.000695. The first-order valence-electron chi connectivity index (χ1n) is 9.75. The van der Waals surface area contributed by atoms with Crippen LogP contribution in [0.5, 0.6) is 0 Å². The molecule has 2 aliphatic rings. The molecule has 1 aromatic carbocycles. The van der Waals surface area contributed by atoms with E-state index in [0.29, 0.717) is 23.5 Å². The number of likely N-dealkylation sites (N-methyl/N-ethyl adjacent to an activating group) is 1. The van der Waals surface area contributed by atoms with Crippen LogP contribution in [0.15, 0.2) is 29.4 Å². The van der Waals surface area contributed by atoms with Gasteiger partial charge in [-0.15, -0.1) is 0 Å². The fraction of sp³-hybridized carbons (Fsp3) is 0.429. The van der Waals surface area contributed by atoms with E-state index in [-0.39, 0.29) is 36.2 Å². The summed E-state index contributed by atoms with van der Waals surface area (Å²) in [5.41, 5.74) is 8.59. The Balaban J connectivity index is 1.98. The summed E-state index contributed by atoms with van der Waals surface area (Å²) < 4.78 is 0. The molecule has 8 heteroatoms. The van der Waals surface area contributed by atoms with E-state index >= 15 is 0 Å². The van der Waals surface area contributed by atoms with Crippen LogP contribution < -0.4 is 20.9 Å². The first-order chi connectivity index (χ1) is 13.9. The van der Waals surface area contributed by atoms with E-state index in [1.807, 2.05) is 25.1 Å². The minimum atomic E-state index is -0.199. The highest BCUT2D eigenvalue weighted by molar-refractivity contribution is 6.12. The summed E-state index contributed by atoms with van der Waals surface area (Å²) >= 11 is 0. The summed E-state index contributed by atoms with van der Waals surface area (Å²) in [7, 11) is 1.55. The molecule has 3 N–H and O–H groups in total. The number of allylic oxidation sites excluding steroid dienone is 1. The second-order valence-electron chi connectivity index (χ2n) is 7.43. The maximum absolute atomic E-state index is 12.9. The fourth-order valence-electron chi connectivity index (χ4n) is 3.56. The number of nitrogens with one attached hydrogen (secondary N) is 1. The number of amides is 3. The van der Waals surface area contributed by atoms with Crippen molar-refractivity contribution in [2.75, 3.05) is 29.9 Å². The topological polar surface area (TPSA) is 108 Å². The molecule has 1 aromatic rings. The summed E-state index contributed by atoms with van der Waals surface area (Å²) in [5.74, 6) is -0.0895. The molecule has 0 spiro atoms. The molecule has 154 valence electrons. The number of anilines is 2. The first-order valence-corrected chi connectivity index (χ1v) is 9.75. The van der Waals surface area contributed by atoms with E-state index in [1.165, 1.54) is 19.3 Å². The number of hydrogen-bond donors (Lipinski definition) is 2. The summed E-state index contributed by atoms with van der Waals surface area (Å²) in [4.78, 5) is 44.1. The van der Waals surface area contributed by atoms with E-state index in [0.717, 1.165) is 18.4 Å². The molecule has 1 aliphatic carbocycles. The SMILES string of the molecule is CNC(=O)CN=C/C(=C\N)c1ccc2c(c1)N(C(=O)C1CC1)C[C@H](C)N2C(C)=O. The van der Waals surface area contributed by atoms with Crippen LogP contribution in [0.1, 0.15) is 32.3 Å². The van der Waals surface area contributed by atoms with Crippen LogP contribution in [0.25, 0.3) is 5.57 Å². The van der Waals surface area contributed by atoms with Gasteiger partial charge >= 0.3 is 0 Å². The number of benzene rings is 1. The summed E-state index contributed by atoms with van der Waals surface area (Å²) in [6.45, 7) is 3.93. The summed E-state index contributed by atoms with van der Waals surface area (Å²) in [5, 5.41) is 2.51. The summed E-state index contributed by atoms with van der Waals surface area (Å²) in [6.07, 6.45) is 4.78. The van der Waals surface area contributed by atoms with Gasteiger partial charge in [0.25, 0.3) is 0 Å². The predicted molar refractivity (Wildman–Crippen MR) is 114 cm³/mol. The molecule has 1 heterocycles. The number of aliphatic imine (C=N–C) groups is 1. The lowest BCUT2D eigenvalue weighted by molar-refractivity contribution is -0.120. The second-order valence-corrected chi connectivity index (χ2v) is 7.43. The second kappa shape index (κ2) is 8.46. The van der Waals surface area contributed by atoms with Crippen molar-refractivity contribution in [2.45, 2.75) is 32.7 Å². The van der Waals surface area contributed by atoms with Gasteiger partial charge in [-0.2, -0.15) is 0 Å². The van der Waals surface area contributed by atoms with Gasteiger partial charge in [-0.3, -0.25) is 19.4 Å². The Labute approximate surface area is 170 Å². The van der Waals surface area contributed by atoms with Gasteiger partial charge in [0.1, 0.15) is 6.54 Å². The Morgan fingerprint density at radius 2 is 2.00 bits per heavy atom. The van der Waals surface area contributed by atoms with Crippen molar-refractivity contribution in [1.29, 1.82) is 0 Å². The number of hydrogen-bond acceptors (Lipinski definition) is 5. The molecule has 0 saturated heterocycles. The van der Waals surface area contributed by atoms with Crippen molar-refractivity contribution in [2.24, 2.45) is 16.6 Å². The molecular weight excluding hydrogens is 370 g/mol. The van der Waals surface area contributed by atoms with Gasteiger partial charge in [0.05, 0.1) is 17.4 Å². The molecule has 1 fully saturated rings. The first kappa shape index (κ1) is 20.6. The number of fused-ring (bicyclic) bond motifs is 1. The molecule has 29 heavy (non-hydrogen) atoms. The molecule has 8 nitrogen and oxygen atoms in total. The molecule has 3 amide bonds. The molecule has 1 atom stereocenters. The van der Waals surface area contributed by atoms with Crippen LogP contribution in [0.2, 0.25) is 0 Å². The third-order valence-electron chi connectivity index (χ3n) is 5.20. The average molecular weight is 397 g/mol. The smallest absolute Gasteiger partial charge is 0.241 e. The van der Waals surface area contributed by atoms with Gasteiger partial charge < -0.3 is 20.9 Å². The van der Waals surface area contributed by atoms with Gasteiger partial charge in [0.15, 0.2) is 0 Å². The van der Waals surface area contributed by atoms with Crippen LogP contribution in [0.3, 0.4) is 0 Å². The minimum Gasteiger partial charge on any atom is -0.404 e. The molecule has 1 saturated carbocycles. The van der Waals surface area contributed by atoms with Crippen molar-refractivity contribution in [3.05, 3.63) is 30.0 Å². The third kappa shape index (κ3) is 4.31. The zero-order valence-electron chi connectivity index (χ0n) is 17.0. The number of rotatable bonds is 5. The quantitative estimate of drug-likeness (QED) is 0.730. The lowest BCUT2D eigenvalue weighted by Gasteiger charge is -2.41. The van der Waals surface area contributed by atoms with Crippen LogP contribution >= 0.6 is 0 Å². The standard InChI is InChI=1S/C21H27N5O3/c1-13-12-25(21(29)15-4-5-15)19-8-16(6-7-18(19)26(13)14(2)27)17(9-22)10-24-11-20(28)23-3/h6-10,13,15H,4-5,11-12,22H2,1-3H3,(H,23,28)/b17-9+,24-10?/t13-/m0/s1. The van der Waals surface area contributed by atoms with Crippen LogP contribution in [-0.4, -0.2) is 50.1 Å². The highest BCUT2D eigenvalue weighted by Gasteiger charge is 2.39. The number of carbonyl (C=O) groups excluding carboxylic acids is 3. The monoisotopic (exact) mass is 397 g/mol. The molecule has 1 aliphatic heterocycles. The predicted octanol–water partition coefficient (Wildman–Crippen LogP) is 1.30. The maximum atomic E-state index is 12.9. The van der Waals surface area contributed by atoms with Gasteiger partial charge in [0, 0.05) is 44.4 Å². The maximum Gasteiger partial charge on any atom is 0.241 e. The van der Waals surface area contributed by atoms with Crippen LogP contribution in [-0.2, 0) is 14.4 Å². The fourth-order valence-corrected chi connectivity index (χ4v) is 3.56. The van der Waals surface area contributed by atoms with Gasteiger partial charge in [-0.25, -0.2) is 0 Å². The Morgan fingerprint density at radius 1 is 1.28 bits per heavy atom. The lowest BCUT2D eigenvalue weighted by atomic mass is 10.0. The van der Waals surface area contributed by atoms with Crippen LogP contribution in [0, 0.1) is 5.92 Å². The van der Waals surface area contributed by atoms with E-state index in [1.54, 1.807) is 16.8 Å². The van der Waals surface area contributed by atoms with Crippen molar-refractivity contribution in [1.82, 2.24) is 5.32 Å². The highest BCUT2D eigenvalue weighted by Crippen LogP contribution is 2.41. The Kier molecular flexibility index (Phi) is 6.00. The van der Waals surface area contributed by atoms with Gasteiger partial charge in [-0.1, -0.05) is 6.07 Å². The van der Waals surface area contributed by atoms with E-state index in [4.69, 9.17) is 5.73 Å². The number of carbonyl (C=O) groups is 3. The van der Waals surface area contributed by atoms with Crippen molar-refractivity contribution in [3.63, 3.8) is 0 Å². The van der Waals surface area contributed by atoms with Crippen LogP contribution in [0.4, 0.5) is 11.4 Å². The molecule has 0 aromatic heterocycles. The Morgan fingerprint density at radius 3 is 2.59 bits per heavy atom. The normalized spacial score (nSPS) is 19.3. The third-order valence-corrected chi connectivity index (χ3v) is 5.20. The van der Waals surface area contributed by atoms with Gasteiger partial charge in [-0.05, 0) is 37.5 Å². The molecule has 0 bridgehead atoms. The van der Waals surface area contributed by atoms with E-state index < -0.39 is 0 Å². The number of nitrogens with two attached hydrogens (primary N) is 1. The Hall–Kier alpha value is -3.16. The summed E-state index contributed by atoms with van der Waals surface area (Å²) in [6, 6.07) is 5.44. The van der Waals surface area contributed by atoms with Crippen molar-refractivity contribution >= 4 is 40.9 Å². The zero-order chi connectivity index (χ0) is 21.1. The van der Waals surface area contributed by atoms with E-state index in [2.05, 4.69) is 10.3 Å². The number of nitrogens with zero attached hydrogens (tertiary/aromatic N) is 3. The van der Waals surface area contributed by atoms with Gasteiger partial charge in [0.2, 0.25) is 17.7 Å². The average Bonchev–Trinajstić information content (AvgIpc) is 3.54. The van der Waals surface area contributed by atoms with Crippen molar-refractivity contribution in [3.8, 4) is 0 Å². The zero-order valence-corrected chi connectivity index (χ0v) is 17.0. The molecule has 0 unspecified atom stereocenters. The lowest BCUT2D eigenvalue weighted by Crippen LogP contribution is -2.51.